The number of nitrogens with one attached hydrogen (secondary N) is 1. The van der Waals surface area contributed by atoms with E-state index in [9.17, 15) is 4.79 Å². The molecule has 0 saturated carbocycles. The van der Waals surface area contributed by atoms with Crippen LogP contribution in [0.15, 0.2) is 0 Å². The molecule has 2 aliphatic rings. The minimum Gasteiger partial charge on any atom is -0.481 e. The summed E-state index contributed by atoms with van der Waals surface area (Å²) in [4.78, 5) is 11.0. The smallest absolute Gasteiger partial charge is 0.303 e. The summed E-state index contributed by atoms with van der Waals surface area (Å²) in [6, 6.07) is 1.12. The monoisotopic (exact) mass is 225 g/mol. The molecule has 2 saturated heterocycles. The highest BCUT2D eigenvalue weighted by Crippen LogP contribution is 2.46. The van der Waals surface area contributed by atoms with Gasteiger partial charge in [-0.25, -0.2) is 0 Å². The van der Waals surface area contributed by atoms with E-state index in [1.165, 1.54) is 12.8 Å². The molecule has 0 aromatic carbocycles. The van der Waals surface area contributed by atoms with Crippen molar-refractivity contribution in [1.29, 1.82) is 0 Å². The third-order valence-corrected chi connectivity index (χ3v) is 4.24. The van der Waals surface area contributed by atoms with Crippen LogP contribution in [0.1, 0.15) is 46.5 Å². The molecule has 16 heavy (non-hydrogen) atoms. The molecule has 0 radical (unpaired) electrons. The van der Waals surface area contributed by atoms with E-state index < -0.39 is 5.97 Å². The van der Waals surface area contributed by atoms with Crippen LogP contribution in [0.25, 0.3) is 0 Å². The molecule has 0 aromatic heterocycles. The van der Waals surface area contributed by atoms with Gasteiger partial charge >= 0.3 is 5.97 Å². The number of hydrogen-bond acceptors (Lipinski definition) is 2. The molecule has 4 unspecified atom stereocenters. The molecule has 3 nitrogen and oxygen atoms in total. The van der Waals surface area contributed by atoms with Gasteiger partial charge in [-0.05, 0) is 36.5 Å². The van der Waals surface area contributed by atoms with E-state index in [-0.39, 0.29) is 5.41 Å². The second-order valence-electron chi connectivity index (χ2n) is 6.53. The van der Waals surface area contributed by atoms with Crippen molar-refractivity contribution in [3.05, 3.63) is 0 Å². The summed E-state index contributed by atoms with van der Waals surface area (Å²) >= 11 is 0. The Balaban J connectivity index is 2.17. The van der Waals surface area contributed by atoms with Crippen LogP contribution in [0.3, 0.4) is 0 Å². The molecule has 2 bridgehead atoms. The standard InChI is InChI=1S/C13H23NO2/c1-13(2,3)12-8(7-11(15)16)6-9-4-5-10(12)14-9/h8-10,12,14H,4-7H2,1-3H3,(H,15,16). The summed E-state index contributed by atoms with van der Waals surface area (Å²) in [6.45, 7) is 6.73. The van der Waals surface area contributed by atoms with Gasteiger partial charge in [-0.15, -0.1) is 0 Å². The molecule has 0 aliphatic carbocycles. The van der Waals surface area contributed by atoms with Gasteiger partial charge in [-0.3, -0.25) is 4.79 Å². The first kappa shape index (κ1) is 11.9. The lowest BCUT2D eigenvalue weighted by atomic mass is 9.66. The van der Waals surface area contributed by atoms with Gasteiger partial charge in [0.2, 0.25) is 0 Å². The third-order valence-electron chi connectivity index (χ3n) is 4.24. The molecule has 92 valence electrons. The first-order valence-corrected chi connectivity index (χ1v) is 6.36. The molecule has 0 spiro atoms. The van der Waals surface area contributed by atoms with Crippen molar-refractivity contribution in [1.82, 2.24) is 5.32 Å². The van der Waals surface area contributed by atoms with Crippen LogP contribution in [0, 0.1) is 17.3 Å². The van der Waals surface area contributed by atoms with Crippen LogP contribution >= 0.6 is 0 Å². The quantitative estimate of drug-likeness (QED) is 0.758. The lowest BCUT2D eigenvalue weighted by Gasteiger charge is -2.44. The third kappa shape index (κ3) is 2.24. The lowest BCUT2D eigenvalue weighted by Crippen LogP contribution is -2.50. The Labute approximate surface area is 97.6 Å². The molecule has 2 aliphatic heterocycles. The molecule has 3 heteroatoms. The first-order valence-electron chi connectivity index (χ1n) is 6.36. The predicted octanol–water partition coefficient (Wildman–Crippen LogP) is 2.26. The number of rotatable bonds is 2. The summed E-state index contributed by atoms with van der Waals surface area (Å²) in [5.74, 6) is 0.221. The maximum atomic E-state index is 11.0. The zero-order chi connectivity index (χ0) is 11.9. The lowest BCUT2D eigenvalue weighted by molar-refractivity contribution is -0.139. The summed E-state index contributed by atoms with van der Waals surface area (Å²) in [5, 5.41) is 12.7. The second-order valence-corrected chi connectivity index (χ2v) is 6.53. The van der Waals surface area contributed by atoms with Gasteiger partial charge in [0.1, 0.15) is 0 Å². The highest BCUT2D eigenvalue weighted by Gasteiger charge is 2.46. The molecular weight excluding hydrogens is 202 g/mol. The topological polar surface area (TPSA) is 49.3 Å². The summed E-state index contributed by atoms with van der Waals surface area (Å²) in [7, 11) is 0. The van der Waals surface area contributed by atoms with Crippen LogP contribution in [-0.4, -0.2) is 23.2 Å². The Morgan fingerprint density at radius 2 is 2.06 bits per heavy atom. The van der Waals surface area contributed by atoms with E-state index in [2.05, 4.69) is 26.1 Å². The van der Waals surface area contributed by atoms with Gasteiger partial charge < -0.3 is 10.4 Å². The number of hydrogen-bond donors (Lipinski definition) is 2. The average molecular weight is 225 g/mol. The van der Waals surface area contributed by atoms with Crippen molar-refractivity contribution in [2.75, 3.05) is 0 Å². The number of fused-ring (bicyclic) bond motifs is 2. The van der Waals surface area contributed by atoms with E-state index in [1.807, 2.05) is 0 Å². The molecule has 2 fully saturated rings. The molecule has 0 amide bonds. The van der Waals surface area contributed by atoms with Crippen molar-refractivity contribution in [3.8, 4) is 0 Å². The zero-order valence-corrected chi connectivity index (χ0v) is 10.5. The van der Waals surface area contributed by atoms with Crippen molar-refractivity contribution in [2.45, 2.75) is 58.5 Å². The van der Waals surface area contributed by atoms with Crippen molar-refractivity contribution in [2.24, 2.45) is 17.3 Å². The number of carbonyl (C=O) groups is 1. The molecule has 0 aromatic rings. The van der Waals surface area contributed by atoms with Gasteiger partial charge in [0.15, 0.2) is 0 Å². The molecule has 2 rings (SSSR count). The fraction of sp³-hybridized carbons (Fsp3) is 0.923. The number of piperidine rings is 1. The Bertz CT molecular complexity index is 282. The highest BCUT2D eigenvalue weighted by atomic mass is 16.4. The van der Waals surface area contributed by atoms with E-state index in [4.69, 9.17) is 5.11 Å². The molecule has 4 atom stereocenters. The van der Waals surface area contributed by atoms with Crippen molar-refractivity contribution in [3.63, 3.8) is 0 Å². The van der Waals surface area contributed by atoms with Gasteiger partial charge in [-0.2, -0.15) is 0 Å². The molecule has 2 heterocycles. The van der Waals surface area contributed by atoms with Crippen LogP contribution in [0.5, 0.6) is 0 Å². The molecular formula is C13H23NO2. The largest absolute Gasteiger partial charge is 0.481 e. The fourth-order valence-electron chi connectivity index (χ4n) is 3.91. The summed E-state index contributed by atoms with van der Waals surface area (Å²) in [6.07, 6.45) is 3.84. The first-order chi connectivity index (χ1) is 7.38. The van der Waals surface area contributed by atoms with E-state index in [0.29, 0.717) is 30.3 Å². The SMILES string of the molecule is CC(C)(C)C1C(CC(=O)O)CC2CCC1N2. The number of carboxylic acid groups (broad SMARTS) is 1. The number of aliphatic carboxylic acids is 1. The zero-order valence-electron chi connectivity index (χ0n) is 10.5. The normalized spacial score (nSPS) is 38.7. The van der Waals surface area contributed by atoms with E-state index >= 15 is 0 Å². The van der Waals surface area contributed by atoms with Crippen LogP contribution in [0.2, 0.25) is 0 Å². The van der Waals surface area contributed by atoms with Gasteiger partial charge in [-0.1, -0.05) is 20.8 Å². The van der Waals surface area contributed by atoms with E-state index in [0.717, 1.165) is 6.42 Å². The van der Waals surface area contributed by atoms with Crippen LogP contribution in [-0.2, 0) is 4.79 Å². The van der Waals surface area contributed by atoms with Crippen molar-refractivity contribution < 1.29 is 9.90 Å². The Hall–Kier alpha value is -0.570. The minimum atomic E-state index is -0.638. The van der Waals surface area contributed by atoms with Crippen LogP contribution < -0.4 is 5.32 Å². The van der Waals surface area contributed by atoms with Crippen LogP contribution in [0.4, 0.5) is 0 Å². The number of carboxylic acids is 1. The highest BCUT2D eigenvalue weighted by molar-refractivity contribution is 5.67. The van der Waals surface area contributed by atoms with Crippen molar-refractivity contribution >= 4 is 5.97 Å². The predicted molar refractivity (Wildman–Crippen MR) is 63.3 cm³/mol. The minimum absolute atomic E-state index is 0.201. The Morgan fingerprint density at radius 1 is 1.38 bits per heavy atom. The van der Waals surface area contributed by atoms with Gasteiger partial charge in [0, 0.05) is 18.5 Å². The second kappa shape index (κ2) is 4.02. The van der Waals surface area contributed by atoms with Gasteiger partial charge in [0.05, 0.1) is 0 Å². The fourth-order valence-corrected chi connectivity index (χ4v) is 3.91. The summed E-state index contributed by atoms with van der Waals surface area (Å²) < 4.78 is 0. The summed E-state index contributed by atoms with van der Waals surface area (Å²) in [5.41, 5.74) is 0.201. The van der Waals surface area contributed by atoms with Gasteiger partial charge in [0.25, 0.3) is 0 Å². The Kier molecular flexibility index (Phi) is 2.99. The maximum Gasteiger partial charge on any atom is 0.303 e. The Morgan fingerprint density at radius 3 is 2.62 bits per heavy atom. The maximum absolute atomic E-state index is 11.0. The van der Waals surface area contributed by atoms with E-state index in [1.54, 1.807) is 0 Å². The molecule has 2 N–H and O–H groups in total. The average Bonchev–Trinajstić information content (AvgIpc) is 2.43.